The van der Waals surface area contributed by atoms with Gasteiger partial charge in [-0.3, -0.25) is 0 Å². The van der Waals surface area contributed by atoms with Crippen molar-refractivity contribution >= 4 is 30.7 Å². The Balaban J connectivity index is 1.43. The monoisotopic (exact) mass is 671 g/mol. The van der Waals surface area contributed by atoms with Crippen LogP contribution < -0.4 is 0 Å². The predicted octanol–water partition coefficient (Wildman–Crippen LogP) is 10.1. The van der Waals surface area contributed by atoms with Crippen LogP contribution in [0.1, 0.15) is 70.8 Å². The molecule has 0 spiro atoms. The summed E-state index contributed by atoms with van der Waals surface area (Å²) < 4.78 is 20.6. The minimum absolute atomic E-state index is 0.143. The topological polar surface area (TPSA) is 49.3 Å². The molecule has 3 unspecified atom stereocenters. The summed E-state index contributed by atoms with van der Waals surface area (Å²) in [7, 11) is -5.05. The van der Waals surface area contributed by atoms with Crippen LogP contribution >= 0.6 is 0 Å². The second-order valence-electron chi connectivity index (χ2n) is 18.6. The first-order valence-electron chi connectivity index (χ1n) is 18.1. The fraction of sp³-hybridized carbons (Fsp3) is 0.811. The summed E-state index contributed by atoms with van der Waals surface area (Å²) in [5, 5.41) is 4.93. The van der Waals surface area contributed by atoms with Gasteiger partial charge in [-0.1, -0.05) is 49.3 Å². The number of rotatable bonds is 11. The first-order valence-corrected chi connectivity index (χ1v) is 28.3. The first kappa shape index (κ1) is 35.5. The molecule has 4 aliphatic carbocycles. The zero-order chi connectivity index (χ0) is 32.8. The molecule has 0 aromatic heterocycles. The number of hydrogen-bond donors (Lipinski definition) is 0. The van der Waals surface area contributed by atoms with E-state index in [1.807, 2.05) is 0 Å². The average molecular weight is 672 g/mol. The highest BCUT2D eigenvalue weighted by molar-refractivity contribution is 6.70. The molecule has 4 aliphatic rings. The summed E-state index contributed by atoms with van der Waals surface area (Å²) in [6.07, 6.45) is 10.8. The molecule has 45 heavy (non-hydrogen) atoms. The molecule has 0 aliphatic heterocycles. The van der Waals surface area contributed by atoms with Crippen molar-refractivity contribution < 1.29 is 18.1 Å². The summed E-state index contributed by atoms with van der Waals surface area (Å²) in [6, 6.07) is 10.4. The molecule has 4 fully saturated rings. The Morgan fingerprint density at radius 3 is 2.13 bits per heavy atom. The van der Waals surface area contributed by atoms with E-state index in [4.69, 9.17) is 23.3 Å². The van der Waals surface area contributed by atoms with Crippen LogP contribution in [-0.2, 0) is 24.7 Å². The van der Waals surface area contributed by atoms with Crippen molar-refractivity contribution in [2.24, 2.45) is 45.6 Å². The molecule has 5 rings (SSSR count). The lowest BCUT2D eigenvalue weighted by atomic mass is 9.44. The molecule has 8 heteroatoms. The van der Waals surface area contributed by atoms with Gasteiger partial charge in [0.05, 0.1) is 12.3 Å². The Morgan fingerprint density at radius 1 is 0.800 bits per heavy atom. The molecule has 0 heterocycles. The molecule has 0 amide bonds. The number of nitrogens with zero attached hydrogens (tertiary/aromatic N) is 1. The second-order valence-corrected chi connectivity index (χ2v) is 32.0. The van der Waals surface area contributed by atoms with Crippen LogP contribution in [0.15, 0.2) is 35.5 Å². The summed E-state index contributed by atoms with van der Waals surface area (Å²) in [6.45, 7) is 27.4. The van der Waals surface area contributed by atoms with Crippen molar-refractivity contribution in [3.05, 3.63) is 35.9 Å². The highest BCUT2D eigenvalue weighted by Gasteiger charge is 2.64. The smallest absolute Gasteiger partial charge is 0.184 e. The number of hydrogen-bond acceptors (Lipinski definition) is 5. The third-order valence-electron chi connectivity index (χ3n) is 11.9. The van der Waals surface area contributed by atoms with Gasteiger partial charge in [-0.15, -0.1) is 0 Å². The van der Waals surface area contributed by atoms with E-state index < -0.39 is 25.0 Å². The Labute approximate surface area is 279 Å². The van der Waals surface area contributed by atoms with Crippen molar-refractivity contribution in [3.8, 4) is 0 Å². The number of oxime groups is 1. The quantitative estimate of drug-likeness (QED) is 0.133. The van der Waals surface area contributed by atoms with Crippen LogP contribution in [0.25, 0.3) is 0 Å². The van der Waals surface area contributed by atoms with E-state index >= 15 is 0 Å². The Morgan fingerprint density at radius 2 is 1.49 bits per heavy atom. The number of benzene rings is 1. The zero-order valence-electron chi connectivity index (χ0n) is 30.6. The molecule has 9 atom stereocenters. The summed E-state index contributed by atoms with van der Waals surface area (Å²) in [4.78, 5) is 6.12. The Hall–Kier alpha value is -0.779. The maximum Gasteiger partial charge on any atom is 0.184 e. The number of fused-ring (bicyclic) bond motifs is 5. The molecule has 4 saturated carbocycles. The minimum Gasteiger partial charge on any atom is -0.415 e. The highest BCUT2D eigenvalue weighted by Crippen LogP contribution is 2.68. The predicted molar refractivity (Wildman–Crippen MR) is 195 cm³/mol. The van der Waals surface area contributed by atoms with Gasteiger partial charge >= 0.3 is 0 Å². The van der Waals surface area contributed by atoms with Crippen molar-refractivity contribution in [3.63, 3.8) is 0 Å². The summed E-state index contributed by atoms with van der Waals surface area (Å²) in [5.41, 5.74) is 2.77. The maximum absolute atomic E-state index is 7.34. The van der Waals surface area contributed by atoms with E-state index in [1.165, 1.54) is 44.9 Å². The van der Waals surface area contributed by atoms with Crippen LogP contribution in [0.5, 0.6) is 0 Å². The highest BCUT2D eigenvalue weighted by atomic mass is 28.4. The van der Waals surface area contributed by atoms with Gasteiger partial charge in [0, 0.05) is 18.1 Å². The van der Waals surface area contributed by atoms with Gasteiger partial charge < -0.3 is 18.1 Å². The van der Waals surface area contributed by atoms with Gasteiger partial charge in [0.15, 0.2) is 25.0 Å². The van der Waals surface area contributed by atoms with E-state index in [0.29, 0.717) is 48.6 Å². The SMILES string of the molecule is C[C@]12CC(O[Si](C)(C)C)[C@H]3[C@@H](CCC4CC(O[Si](C)(C)C)CC[C@@]43C)[C@@H]1CC[C@@H]2/C(CO[Si](C)(C)C)=N/OCc1ccccc1. The molecule has 0 bridgehead atoms. The molecule has 1 aromatic rings. The fourth-order valence-electron chi connectivity index (χ4n) is 10.3. The molecule has 0 radical (unpaired) electrons. The van der Waals surface area contributed by atoms with Crippen LogP contribution in [0.4, 0.5) is 0 Å². The van der Waals surface area contributed by atoms with Crippen LogP contribution in [-0.4, -0.2) is 49.5 Å². The van der Waals surface area contributed by atoms with Gasteiger partial charge in [-0.2, -0.15) is 0 Å². The van der Waals surface area contributed by atoms with Gasteiger partial charge in [0.2, 0.25) is 0 Å². The van der Waals surface area contributed by atoms with Crippen molar-refractivity contribution in [2.45, 2.75) is 143 Å². The molecular weight excluding hydrogens is 607 g/mol. The molecule has 1 aromatic carbocycles. The summed E-state index contributed by atoms with van der Waals surface area (Å²) >= 11 is 0. The van der Waals surface area contributed by atoms with Gasteiger partial charge in [0.25, 0.3) is 0 Å². The van der Waals surface area contributed by atoms with Gasteiger partial charge in [0.1, 0.15) is 6.61 Å². The third-order valence-corrected chi connectivity index (χ3v) is 14.9. The average Bonchev–Trinajstić information content (AvgIpc) is 3.25. The normalized spacial score (nSPS) is 37.5. The van der Waals surface area contributed by atoms with Crippen molar-refractivity contribution in [1.82, 2.24) is 0 Å². The Bertz CT molecular complexity index is 1170. The van der Waals surface area contributed by atoms with E-state index in [-0.39, 0.29) is 5.41 Å². The lowest BCUT2D eigenvalue weighted by Crippen LogP contribution is -2.61. The van der Waals surface area contributed by atoms with Crippen molar-refractivity contribution in [2.75, 3.05) is 6.61 Å². The standard InChI is InChI=1S/C37H65NO4Si3/c1-36-22-21-29(41-44(6,7)8)23-28(36)17-18-30-31-19-20-32(37(31,2)24-34(35(30)36)42-45(9,10)11)33(26-40-43(3,4)5)38-39-25-27-15-13-12-14-16-27/h12-16,28-32,34-35H,17-26H2,1-11H3/b38-33+/t28?,29?,30-,31-,32+,34?,35+,36-,37-/m0/s1. The minimum atomic E-state index is -1.77. The zero-order valence-corrected chi connectivity index (χ0v) is 33.6. The lowest BCUT2D eigenvalue weighted by molar-refractivity contribution is -0.168. The van der Waals surface area contributed by atoms with E-state index in [1.54, 1.807) is 0 Å². The Kier molecular flexibility index (Phi) is 10.5. The van der Waals surface area contributed by atoms with E-state index in [9.17, 15) is 0 Å². The summed E-state index contributed by atoms with van der Waals surface area (Å²) in [5.74, 6) is 3.18. The van der Waals surface area contributed by atoms with Crippen LogP contribution in [0, 0.1) is 40.4 Å². The maximum atomic E-state index is 7.34. The van der Waals surface area contributed by atoms with E-state index in [0.717, 1.165) is 29.5 Å². The molecule has 0 N–H and O–H groups in total. The molecule has 0 saturated heterocycles. The fourth-order valence-corrected chi connectivity index (χ4v) is 13.2. The largest absolute Gasteiger partial charge is 0.415 e. The van der Waals surface area contributed by atoms with Crippen LogP contribution in [0.3, 0.4) is 0 Å². The lowest BCUT2D eigenvalue weighted by Gasteiger charge is -2.64. The van der Waals surface area contributed by atoms with Crippen LogP contribution in [0.2, 0.25) is 58.9 Å². The van der Waals surface area contributed by atoms with E-state index in [2.05, 4.69) is 103 Å². The molecule has 5 nitrogen and oxygen atoms in total. The first-order chi connectivity index (χ1) is 20.9. The third kappa shape index (κ3) is 8.27. The van der Waals surface area contributed by atoms with Crippen molar-refractivity contribution in [1.29, 1.82) is 0 Å². The molecular formula is C37H65NO4Si3. The molecule has 254 valence electrons. The van der Waals surface area contributed by atoms with Gasteiger partial charge in [-0.05, 0) is 150 Å². The van der Waals surface area contributed by atoms with Gasteiger partial charge in [-0.25, -0.2) is 0 Å². The second kappa shape index (κ2) is 13.3.